The van der Waals surface area contributed by atoms with E-state index in [1.54, 1.807) is 37.3 Å². The third-order valence-corrected chi connectivity index (χ3v) is 5.01. The Morgan fingerprint density at radius 3 is 2.12 bits per heavy atom. The largest absolute Gasteiger partial charge is 0.494 e. The molecule has 1 unspecified atom stereocenters. The van der Waals surface area contributed by atoms with Gasteiger partial charge in [-0.15, -0.1) is 0 Å². The van der Waals surface area contributed by atoms with Crippen molar-refractivity contribution in [2.75, 3.05) is 31.9 Å². The predicted molar refractivity (Wildman–Crippen MR) is 126 cm³/mol. The molecule has 1 amide bonds. The molecule has 178 valence electrons. The van der Waals surface area contributed by atoms with E-state index in [4.69, 9.17) is 42.3 Å². The Labute approximate surface area is 202 Å². The fraction of sp³-hybridized carbons (Fsp3) is 0.364. The Bertz CT molecular complexity index is 1010. The molecule has 0 aliphatic rings. The van der Waals surface area contributed by atoms with Crippen molar-refractivity contribution in [3.63, 3.8) is 0 Å². The third kappa shape index (κ3) is 6.06. The zero-order valence-electron chi connectivity index (χ0n) is 18.9. The number of hydrogen-bond acceptors (Lipinski definition) is 8. The number of hydrogen-bond donors (Lipinski definition) is 0. The van der Waals surface area contributed by atoms with Crippen molar-refractivity contribution >= 4 is 46.4 Å². The van der Waals surface area contributed by atoms with E-state index in [-0.39, 0.29) is 33.6 Å². The average Bonchev–Trinajstić information content (AvgIpc) is 2.81. The molecule has 0 aromatic heterocycles. The maximum absolute atomic E-state index is 13.1. The van der Waals surface area contributed by atoms with Crippen LogP contribution in [0.4, 0.5) is 11.4 Å². The normalized spacial score (nSPS) is 11.7. The number of carbonyl (C=O) groups excluding carboxylic acids is 2. The standard InChI is InChI=1S/C22H25Cl2N3O6/c1-6-32-15-12-11-14(21(18(15)23)33-7-2)25-26-19(13(3)28)22(29)27(24)20-16(30-4)9-8-10-17(20)31-5/h8-12,19H,6-7H2,1-5H3. The Kier molecular flexibility index (Phi) is 9.74. The van der Waals surface area contributed by atoms with Crippen molar-refractivity contribution in [3.05, 3.63) is 35.4 Å². The van der Waals surface area contributed by atoms with E-state index < -0.39 is 17.7 Å². The van der Waals surface area contributed by atoms with Gasteiger partial charge in [0.1, 0.15) is 33.6 Å². The Morgan fingerprint density at radius 1 is 1.00 bits per heavy atom. The minimum Gasteiger partial charge on any atom is -0.494 e. The van der Waals surface area contributed by atoms with Gasteiger partial charge in [0.25, 0.3) is 5.91 Å². The molecule has 0 saturated carbocycles. The maximum Gasteiger partial charge on any atom is 0.276 e. The molecule has 0 bridgehead atoms. The predicted octanol–water partition coefficient (Wildman–Crippen LogP) is 5.38. The molecule has 0 aliphatic carbocycles. The number of amides is 1. The number of halogens is 2. The van der Waals surface area contributed by atoms with Crippen molar-refractivity contribution in [1.29, 1.82) is 0 Å². The summed E-state index contributed by atoms with van der Waals surface area (Å²) in [5.41, 5.74) is 0.357. The number of ether oxygens (including phenoxy) is 4. The van der Waals surface area contributed by atoms with E-state index in [0.29, 0.717) is 19.0 Å². The van der Waals surface area contributed by atoms with Crippen LogP contribution >= 0.6 is 23.4 Å². The maximum atomic E-state index is 13.1. The fourth-order valence-electron chi connectivity index (χ4n) is 2.82. The van der Waals surface area contributed by atoms with Gasteiger partial charge in [-0.25, -0.2) is 4.42 Å². The van der Waals surface area contributed by atoms with Gasteiger partial charge in [0.15, 0.2) is 11.5 Å². The minimum absolute atomic E-state index is 0.134. The molecular formula is C22H25Cl2N3O6. The number of nitrogens with zero attached hydrogens (tertiary/aromatic N) is 3. The van der Waals surface area contributed by atoms with E-state index in [1.807, 2.05) is 6.92 Å². The van der Waals surface area contributed by atoms with Gasteiger partial charge in [0.2, 0.25) is 6.04 Å². The van der Waals surface area contributed by atoms with Gasteiger partial charge < -0.3 is 18.9 Å². The van der Waals surface area contributed by atoms with Crippen LogP contribution in [-0.4, -0.2) is 45.2 Å². The van der Waals surface area contributed by atoms with Crippen molar-refractivity contribution < 1.29 is 28.5 Å². The SMILES string of the molecule is CCOc1ccc(N=NC(C(C)=O)C(=O)N(Cl)c2c(OC)cccc2OC)c(OCC)c1Cl. The smallest absolute Gasteiger partial charge is 0.276 e. The summed E-state index contributed by atoms with van der Waals surface area (Å²) in [4.78, 5) is 25.4. The fourth-order valence-corrected chi connectivity index (χ4v) is 3.35. The van der Waals surface area contributed by atoms with Crippen molar-refractivity contribution in [1.82, 2.24) is 0 Å². The molecule has 0 fully saturated rings. The molecule has 11 heteroatoms. The summed E-state index contributed by atoms with van der Waals surface area (Å²) in [5, 5.41) is 8.22. The first-order chi connectivity index (χ1) is 15.8. The molecule has 0 heterocycles. The molecule has 0 N–H and O–H groups in total. The van der Waals surface area contributed by atoms with Crippen molar-refractivity contribution in [2.24, 2.45) is 10.2 Å². The summed E-state index contributed by atoms with van der Waals surface area (Å²) < 4.78 is 22.3. The molecule has 2 aromatic rings. The molecule has 0 saturated heterocycles. The van der Waals surface area contributed by atoms with E-state index in [1.165, 1.54) is 21.1 Å². The quantitative estimate of drug-likeness (QED) is 0.234. The van der Waals surface area contributed by atoms with Crippen LogP contribution in [0.15, 0.2) is 40.6 Å². The van der Waals surface area contributed by atoms with Gasteiger partial charge in [0.05, 0.1) is 27.4 Å². The molecule has 0 aliphatic heterocycles. The van der Waals surface area contributed by atoms with Crippen LogP contribution in [-0.2, 0) is 9.59 Å². The number of rotatable bonds is 11. The highest BCUT2D eigenvalue weighted by atomic mass is 35.5. The van der Waals surface area contributed by atoms with Gasteiger partial charge in [-0.3, -0.25) is 9.59 Å². The number of azo groups is 1. The highest BCUT2D eigenvalue weighted by molar-refractivity contribution is 6.40. The summed E-state index contributed by atoms with van der Waals surface area (Å²) in [6, 6.07) is 6.50. The summed E-state index contributed by atoms with van der Waals surface area (Å²) in [5.74, 6) is -0.236. The van der Waals surface area contributed by atoms with Crippen LogP contribution in [0.25, 0.3) is 0 Å². The number of para-hydroxylation sites is 1. The van der Waals surface area contributed by atoms with Crippen molar-refractivity contribution in [2.45, 2.75) is 26.8 Å². The van der Waals surface area contributed by atoms with E-state index >= 15 is 0 Å². The van der Waals surface area contributed by atoms with Gasteiger partial charge in [-0.1, -0.05) is 17.7 Å². The number of Topliss-reactive ketones (excluding diaryl/α,β-unsaturated/α-hetero) is 1. The summed E-state index contributed by atoms with van der Waals surface area (Å²) in [6.07, 6.45) is 0. The average molecular weight is 498 g/mol. The first kappa shape index (κ1) is 26.2. The number of methoxy groups -OCH3 is 2. The minimum atomic E-state index is -1.53. The zero-order valence-corrected chi connectivity index (χ0v) is 20.4. The molecular weight excluding hydrogens is 473 g/mol. The number of ketones is 1. The summed E-state index contributed by atoms with van der Waals surface area (Å²) >= 11 is 12.7. The lowest BCUT2D eigenvalue weighted by Gasteiger charge is -2.21. The number of benzene rings is 2. The summed E-state index contributed by atoms with van der Waals surface area (Å²) in [6.45, 7) is 5.52. The second kappa shape index (κ2) is 12.3. The Morgan fingerprint density at radius 2 is 1.61 bits per heavy atom. The van der Waals surface area contributed by atoms with Crippen LogP contribution in [0, 0.1) is 0 Å². The highest BCUT2D eigenvalue weighted by Gasteiger charge is 2.32. The molecule has 2 rings (SSSR count). The molecule has 2 aromatic carbocycles. The Balaban J connectivity index is 2.44. The van der Waals surface area contributed by atoms with Crippen LogP contribution < -0.4 is 23.4 Å². The van der Waals surface area contributed by atoms with Crippen LogP contribution in [0.1, 0.15) is 20.8 Å². The molecule has 0 spiro atoms. The summed E-state index contributed by atoms with van der Waals surface area (Å²) in [7, 11) is 2.83. The Hall–Kier alpha value is -3.04. The molecule has 0 radical (unpaired) electrons. The van der Waals surface area contributed by atoms with Crippen LogP contribution in [0.3, 0.4) is 0 Å². The van der Waals surface area contributed by atoms with Crippen LogP contribution in [0.5, 0.6) is 23.0 Å². The van der Waals surface area contributed by atoms with Gasteiger partial charge >= 0.3 is 0 Å². The van der Waals surface area contributed by atoms with E-state index in [9.17, 15) is 9.59 Å². The third-order valence-electron chi connectivity index (χ3n) is 4.32. The first-order valence-electron chi connectivity index (χ1n) is 10.0. The number of carbonyl (C=O) groups is 2. The van der Waals surface area contributed by atoms with E-state index in [0.717, 1.165) is 4.42 Å². The first-order valence-corrected chi connectivity index (χ1v) is 10.7. The lowest BCUT2D eigenvalue weighted by molar-refractivity contribution is -0.126. The molecule has 9 nitrogen and oxygen atoms in total. The monoisotopic (exact) mass is 497 g/mol. The van der Waals surface area contributed by atoms with Crippen molar-refractivity contribution in [3.8, 4) is 23.0 Å². The van der Waals surface area contributed by atoms with Gasteiger partial charge in [-0.2, -0.15) is 10.2 Å². The second-order valence-electron chi connectivity index (χ2n) is 6.45. The molecule has 33 heavy (non-hydrogen) atoms. The topological polar surface area (TPSA) is 99.0 Å². The second-order valence-corrected chi connectivity index (χ2v) is 7.17. The lowest BCUT2D eigenvalue weighted by atomic mass is 10.2. The zero-order chi connectivity index (χ0) is 24.5. The highest BCUT2D eigenvalue weighted by Crippen LogP contribution is 2.42. The molecule has 1 atom stereocenters. The van der Waals surface area contributed by atoms with Crippen LogP contribution in [0.2, 0.25) is 5.02 Å². The number of anilines is 1. The van der Waals surface area contributed by atoms with Gasteiger partial charge in [-0.05, 0) is 45.0 Å². The van der Waals surface area contributed by atoms with Gasteiger partial charge in [0, 0.05) is 11.8 Å². The lowest BCUT2D eigenvalue weighted by Crippen LogP contribution is -2.36. The van der Waals surface area contributed by atoms with E-state index in [2.05, 4.69) is 10.2 Å².